The van der Waals surface area contributed by atoms with E-state index in [1.54, 1.807) is 25.6 Å². The van der Waals surface area contributed by atoms with E-state index in [0.29, 0.717) is 9.04 Å². The second-order valence-corrected chi connectivity index (χ2v) is 11.3. The summed E-state index contributed by atoms with van der Waals surface area (Å²) < 4.78 is 2.12. The van der Waals surface area contributed by atoms with Crippen LogP contribution in [0.15, 0.2) is 50.3 Å². The minimum atomic E-state index is -0.708. The van der Waals surface area contributed by atoms with Crippen molar-refractivity contribution in [3.8, 4) is 0 Å². The molecule has 0 saturated heterocycles. The predicted octanol–water partition coefficient (Wildman–Crippen LogP) is 5.66. The first-order valence-electron chi connectivity index (χ1n) is 7.81. The number of benzene rings is 1. The van der Waals surface area contributed by atoms with Crippen LogP contribution in [0.5, 0.6) is 0 Å². The zero-order valence-corrected chi connectivity index (χ0v) is 16.4. The number of allylic oxidation sites excluding steroid dienone is 6. The Balaban J connectivity index is 2.01. The Morgan fingerprint density at radius 3 is 2.29 bits per heavy atom. The molecule has 0 aliphatic heterocycles. The van der Waals surface area contributed by atoms with Gasteiger partial charge in [-0.1, -0.05) is 0 Å². The molecule has 1 aromatic carbocycles. The van der Waals surface area contributed by atoms with Crippen molar-refractivity contribution in [2.24, 2.45) is 5.92 Å². The molecular formula is C20H24Zr. The number of hydrogen-bond donors (Lipinski definition) is 0. The third-order valence-electron chi connectivity index (χ3n) is 5.45. The average Bonchev–Trinajstić information content (AvgIpc) is 2.82. The molecular weight excluding hydrogens is 331 g/mol. The Morgan fingerprint density at radius 2 is 1.67 bits per heavy atom. The van der Waals surface area contributed by atoms with Crippen LogP contribution in [0.25, 0.3) is 5.57 Å². The van der Waals surface area contributed by atoms with E-state index in [1.807, 2.05) is 0 Å². The van der Waals surface area contributed by atoms with E-state index < -0.39 is 23.2 Å². The van der Waals surface area contributed by atoms with Gasteiger partial charge in [0.05, 0.1) is 0 Å². The van der Waals surface area contributed by atoms with Gasteiger partial charge in [-0.05, 0) is 0 Å². The normalized spacial score (nSPS) is 28.1. The van der Waals surface area contributed by atoms with E-state index in [-0.39, 0.29) is 0 Å². The quantitative estimate of drug-likeness (QED) is 0.642. The van der Waals surface area contributed by atoms with Crippen molar-refractivity contribution in [1.29, 1.82) is 0 Å². The van der Waals surface area contributed by atoms with Crippen LogP contribution in [-0.4, -0.2) is 0 Å². The fourth-order valence-electron chi connectivity index (χ4n) is 3.82. The summed E-state index contributed by atoms with van der Waals surface area (Å²) in [6, 6.07) is 9.02. The van der Waals surface area contributed by atoms with Crippen LogP contribution in [0.2, 0.25) is 0 Å². The van der Waals surface area contributed by atoms with Crippen LogP contribution in [0, 0.1) is 5.92 Å². The van der Waals surface area contributed by atoms with E-state index >= 15 is 0 Å². The van der Waals surface area contributed by atoms with Gasteiger partial charge >= 0.3 is 141 Å². The van der Waals surface area contributed by atoms with Gasteiger partial charge < -0.3 is 0 Å². The van der Waals surface area contributed by atoms with Crippen molar-refractivity contribution in [3.63, 3.8) is 0 Å². The second-order valence-electron chi connectivity index (χ2n) is 6.77. The molecule has 0 radical (unpaired) electrons. The monoisotopic (exact) mass is 354 g/mol. The van der Waals surface area contributed by atoms with E-state index in [1.165, 1.54) is 11.1 Å². The molecule has 2 aliphatic carbocycles. The van der Waals surface area contributed by atoms with Gasteiger partial charge in [-0.15, -0.1) is 0 Å². The standard InChI is InChI=1S/C11H11.C9H13.Zr/c1-8-7-9(2)11-6-4-3-5-10(8)11;1-6-5-7(2)9(4)8(6)3;/h3-7H,1-2H3;6H,1-4H3;. The number of rotatable bonds is 2. The molecule has 2 unspecified atom stereocenters. The Hall–Kier alpha value is -0.677. The molecule has 0 N–H and O–H groups in total. The summed E-state index contributed by atoms with van der Waals surface area (Å²) in [7, 11) is 0. The first kappa shape index (κ1) is 15.2. The molecule has 0 aromatic heterocycles. The first-order valence-corrected chi connectivity index (χ1v) is 10.3. The first-order chi connectivity index (χ1) is 9.85. The van der Waals surface area contributed by atoms with E-state index in [4.69, 9.17) is 0 Å². The molecule has 3 rings (SSSR count). The molecule has 2 aliphatic rings. The van der Waals surface area contributed by atoms with Crippen LogP contribution >= 0.6 is 0 Å². The second kappa shape index (κ2) is 5.20. The van der Waals surface area contributed by atoms with E-state index in [0.717, 1.165) is 0 Å². The van der Waals surface area contributed by atoms with Crippen molar-refractivity contribution in [2.75, 3.05) is 0 Å². The van der Waals surface area contributed by atoms with E-state index in [2.05, 4.69) is 71.9 Å². The van der Waals surface area contributed by atoms with Gasteiger partial charge in [0, 0.05) is 0 Å². The van der Waals surface area contributed by atoms with Crippen molar-refractivity contribution < 1.29 is 23.2 Å². The summed E-state index contributed by atoms with van der Waals surface area (Å²) in [5.74, 6) is 0.676. The summed E-state index contributed by atoms with van der Waals surface area (Å²) in [6.07, 6.45) is 2.56. The summed E-state index contributed by atoms with van der Waals surface area (Å²) in [5.41, 5.74) is 9.27. The molecule has 108 valence electrons. The Bertz CT molecular complexity index is 702. The van der Waals surface area contributed by atoms with Crippen LogP contribution < -0.4 is 0 Å². The summed E-state index contributed by atoms with van der Waals surface area (Å²) in [6.45, 7) is 14.1. The van der Waals surface area contributed by atoms with Gasteiger partial charge in [-0.2, -0.15) is 0 Å². The van der Waals surface area contributed by atoms with Gasteiger partial charge in [0.1, 0.15) is 0 Å². The molecule has 21 heavy (non-hydrogen) atoms. The maximum atomic E-state index is 2.56. The van der Waals surface area contributed by atoms with Crippen molar-refractivity contribution in [1.82, 2.24) is 0 Å². The fraction of sp³-hybridized carbons (Fsp3) is 0.400. The fourth-order valence-corrected chi connectivity index (χ4v) is 8.76. The van der Waals surface area contributed by atoms with Gasteiger partial charge in [-0.25, -0.2) is 0 Å². The SMILES string of the molecule is CC1=C[C](C)([Zr][C]2=C(C)C(C)=C(C)C2C)c2ccccc21. The van der Waals surface area contributed by atoms with Crippen LogP contribution in [-0.2, 0) is 26.4 Å². The zero-order chi connectivity index (χ0) is 15.4. The molecule has 0 fully saturated rings. The van der Waals surface area contributed by atoms with Gasteiger partial charge in [0.2, 0.25) is 0 Å². The molecule has 0 heterocycles. The maximum absolute atomic E-state index is 2.56. The Labute approximate surface area is 140 Å². The molecule has 0 nitrogen and oxygen atoms in total. The Morgan fingerprint density at radius 1 is 1.00 bits per heavy atom. The summed E-state index contributed by atoms with van der Waals surface area (Å²) in [4.78, 5) is 0. The summed E-state index contributed by atoms with van der Waals surface area (Å²) in [5, 5.41) is 0. The van der Waals surface area contributed by atoms with Crippen LogP contribution in [0.3, 0.4) is 0 Å². The number of hydrogen-bond acceptors (Lipinski definition) is 0. The van der Waals surface area contributed by atoms with Gasteiger partial charge in [0.15, 0.2) is 0 Å². The number of fused-ring (bicyclic) bond motifs is 1. The molecule has 1 aromatic rings. The minimum absolute atomic E-state index is 0.319. The van der Waals surface area contributed by atoms with Crippen molar-refractivity contribution in [2.45, 2.75) is 44.7 Å². The summed E-state index contributed by atoms with van der Waals surface area (Å²) >= 11 is -0.708. The zero-order valence-electron chi connectivity index (χ0n) is 14.0. The third kappa shape index (κ3) is 2.29. The van der Waals surface area contributed by atoms with Crippen LogP contribution in [0.4, 0.5) is 0 Å². The molecule has 0 amide bonds. The van der Waals surface area contributed by atoms with Crippen LogP contribution in [0.1, 0.15) is 52.7 Å². The molecule has 2 atom stereocenters. The third-order valence-corrected chi connectivity index (χ3v) is 10.4. The molecule has 0 saturated carbocycles. The molecule has 0 bridgehead atoms. The molecule has 0 spiro atoms. The predicted molar refractivity (Wildman–Crippen MR) is 87.7 cm³/mol. The average molecular weight is 356 g/mol. The van der Waals surface area contributed by atoms with Crippen molar-refractivity contribution in [3.05, 3.63) is 61.5 Å². The van der Waals surface area contributed by atoms with Gasteiger partial charge in [-0.3, -0.25) is 0 Å². The van der Waals surface area contributed by atoms with E-state index in [9.17, 15) is 0 Å². The van der Waals surface area contributed by atoms with Gasteiger partial charge in [0.25, 0.3) is 0 Å². The van der Waals surface area contributed by atoms with Crippen molar-refractivity contribution >= 4 is 5.57 Å². The topological polar surface area (TPSA) is 0 Å². The Kier molecular flexibility index (Phi) is 3.77. The molecule has 1 heteroatoms.